The largest absolute Gasteiger partial charge is 0.492 e. The number of halogens is 2. The molecule has 6 nitrogen and oxygen atoms in total. The van der Waals surface area contributed by atoms with Gasteiger partial charge < -0.3 is 15.0 Å². The molecule has 8 heteroatoms. The van der Waals surface area contributed by atoms with Crippen molar-refractivity contribution in [3.63, 3.8) is 0 Å². The smallest absolute Gasteiger partial charge is 0.194 e. The van der Waals surface area contributed by atoms with Crippen LogP contribution < -0.4 is 10.1 Å². The van der Waals surface area contributed by atoms with E-state index in [0.29, 0.717) is 13.2 Å². The molecule has 1 aliphatic heterocycles. The fourth-order valence-electron chi connectivity index (χ4n) is 3.21. The Labute approximate surface area is 195 Å². The lowest BCUT2D eigenvalue weighted by molar-refractivity contribution is 0.152. The van der Waals surface area contributed by atoms with Gasteiger partial charge in [0.05, 0.1) is 12.2 Å². The van der Waals surface area contributed by atoms with E-state index in [1.165, 1.54) is 5.56 Å². The molecule has 1 N–H and O–H groups in total. The Morgan fingerprint density at radius 2 is 1.90 bits per heavy atom. The Bertz CT molecular complexity index is 779. The van der Waals surface area contributed by atoms with Gasteiger partial charge in [-0.1, -0.05) is 17.7 Å². The summed E-state index contributed by atoms with van der Waals surface area (Å²) in [6.45, 7) is 8.24. The fraction of sp³-hybridized carbons (Fsp3) is 0.429. The standard InChI is InChI=1S/C21H28ClN5O.HI/c1-17-4-3-9-24-20(17)16-25-21(23-2)27-12-10-26(11-13-27)14-15-28-19-7-5-18(22)6-8-19;/h3-9H,10-16H2,1-2H3,(H,23,25);1H. The molecule has 0 spiro atoms. The molecule has 3 rings (SSSR count). The lowest BCUT2D eigenvalue weighted by Crippen LogP contribution is -2.52. The maximum absolute atomic E-state index is 5.90. The third kappa shape index (κ3) is 7.31. The lowest BCUT2D eigenvalue weighted by atomic mass is 10.2. The Morgan fingerprint density at radius 1 is 1.17 bits per heavy atom. The summed E-state index contributed by atoms with van der Waals surface area (Å²) in [6.07, 6.45) is 1.83. The van der Waals surface area contributed by atoms with Crippen LogP contribution in [0.4, 0.5) is 0 Å². The maximum atomic E-state index is 5.90. The lowest BCUT2D eigenvalue weighted by Gasteiger charge is -2.36. The summed E-state index contributed by atoms with van der Waals surface area (Å²) < 4.78 is 5.80. The van der Waals surface area contributed by atoms with Crippen LogP contribution in [-0.4, -0.2) is 67.1 Å². The van der Waals surface area contributed by atoms with Crippen LogP contribution in [0.2, 0.25) is 5.02 Å². The number of aryl methyl sites for hydroxylation is 1. The Hall–Kier alpha value is -1.58. The molecule has 1 saturated heterocycles. The number of pyridine rings is 1. The molecule has 158 valence electrons. The molecule has 0 bridgehead atoms. The quantitative estimate of drug-likeness (QED) is 0.353. The summed E-state index contributed by atoms with van der Waals surface area (Å²) in [4.78, 5) is 13.6. The van der Waals surface area contributed by atoms with Gasteiger partial charge in [0.15, 0.2) is 5.96 Å². The molecule has 2 heterocycles. The van der Waals surface area contributed by atoms with Gasteiger partial charge in [-0.05, 0) is 42.8 Å². The van der Waals surface area contributed by atoms with E-state index in [-0.39, 0.29) is 24.0 Å². The highest BCUT2D eigenvalue weighted by Crippen LogP contribution is 2.15. The number of nitrogens with zero attached hydrogens (tertiary/aromatic N) is 4. The van der Waals surface area contributed by atoms with Crippen LogP contribution in [0.15, 0.2) is 47.6 Å². The first-order valence-electron chi connectivity index (χ1n) is 9.62. The van der Waals surface area contributed by atoms with E-state index >= 15 is 0 Å². The van der Waals surface area contributed by atoms with E-state index < -0.39 is 0 Å². The highest BCUT2D eigenvalue weighted by Gasteiger charge is 2.19. The molecule has 0 atom stereocenters. The van der Waals surface area contributed by atoms with Crippen molar-refractivity contribution in [3.05, 3.63) is 58.9 Å². The minimum atomic E-state index is 0. The molecule has 1 aliphatic rings. The zero-order valence-corrected chi connectivity index (χ0v) is 20.1. The topological polar surface area (TPSA) is 53.0 Å². The zero-order chi connectivity index (χ0) is 19.8. The number of aromatic nitrogens is 1. The van der Waals surface area contributed by atoms with Gasteiger partial charge in [0.1, 0.15) is 12.4 Å². The van der Waals surface area contributed by atoms with Gasteiger partial charge in [-0.15, -0.1) is 24.0 Å². The third-order valence-electron chi connectivity index (χ3n) is 4.91. The average Bonchev–Trinajstić information content (AvgIpc) is 2.72. The van der Waals surface area contributed by atoms with Crippen LogP contribution in [0.1, 0.15) is 11.3 Å². The molecule has 0 saturated carbocycles. The highest BCUT2D eigenvalue weighted by atomic mass is 127. The second-order valence-corrected chi connectivity index (χ2v) is 7.24. The predicted octanol–water partition coefficient (Wildman–Crippen LogP) is 3.43. The normalized spacial score (nSPS) is 15.0. The monoisotopic (exact) mass is 529 g/mol. The van der Waals surface area contributed by atoms with Crippen molar-refractivity contribution in [2.24, 2.45) is 4.99 Å². The van der Waals surface area contributed by atoms with Gasteiger partial charge in [-0.3, -0.25) is 14.9 Å². The van der Waals surface area contributed by atoms with Crippen molar-refractivity contribution < 1.29 is 4.74 Å². The minimum Gasteiger partial charge on any atom is -0.492 e. The zero-order valence-electron chi connectivity index (χ0n) is 17.0. The van der Waals surface area contributed by atoms with Crippen LogP contribution >= 0.6 is 35.6 Å². The van der Waals surface area contributed by atoms with Crippen molar-refractivity contribution in [1.29, 1.82) is 0 Å². The minimum absolute atomic E-state index is 0. The summed E-state index contributed by atoms with van der Waals surface area (Å²) in [5, 5.41) is 4.17. The summed E-state index contributed by atoms with van der Waals surface area (Å²) >= 11 is 5.90. The summed E-state index contributed by atoms with van der Waals surface area (Å²) in [5.74, 6) is 1.79. The molecule has 0 aliphatic carbocycles. The summed E-state index contributed by atoms with van der Waals surface area (Å²) in [7, 11) is 1.83. The molecule has 29 heavy (non-hydrogen) atoms. The molecule has 2 aromatic rings. The second-order valence-electron chi connectivity index (χ2n) is 6.80. The van der Waals surface area contributed by atoms with Crippen LogP contribution in [-0.2, 0) is 6.54 Å². The molecule has 1 aromatic heterocycles. The molecular weight excluding hydrogens is 501 g/mol. The van der Waals surface area contributed by atoms with Gasteiger partial charge >= 0.3 is 0 Å². The first-order valence-corrected chi connectivity index (χ1v) is 10.0. The highest BCUT2D eigenvalue weighted by molar-refractivity contribution is 14.0. The average molecular weight is 530 g/mol. The SMILES string of the molecule is CN=C(NCc1ncccc1C)N1CCN(CCOc2ccc(Cl)cc2)CC1.I. The second kappa shape index (κ2) is 12.2. The fourth-order valence-corrected chi connectivity index (χ4v) is 3.33. The first-order chi connectivity index (χ1) is 13.7. The van der Waals surface area contributed by atoms with Crippen molar-refractivity contribution >= 4 is 41.5 Å². The first kappa shape index (κ1) is 23.7. The van der Waals surface area contributed by atoms with E-state index in [0.717, 1.165) is 55.1 Å². The molecule has 0 unspecified atom stereocenters. The molecule has 1 aromatic carbocycles. The Balaban J connectivity index is 0.00000300. The summed E-state index contributed by atoms with van der Waals surface area (Å²) in [6, 6.07) is 11.5. The van der Waals surface area contributed by atoms with Gasteiger partial charge in [0, 0.05) is 51.0 Å². The van der Waals surface area contributed by atoms with Gasteiger partial charge in [0.25, 0.3) is 0 Å². The van der Waals surface area contributed by atoms with Gasteiger partial charge in [0.2, 0.25) is 0 Å². The Kier molecular flexibility index (Phi) is 9.96. The molecule has 1 fully saturated rings. The number of aliphatic imine (C=N–C) groups is 1. The van der Waals surface area contributed by atoms with Crippen molar-refractivity contribution in [3.8, 4) is 5.75 Å². The van der Waals surface area contributed by atoms with E-state index in [2.05, 4.69) is 38.1 Å². The van der Waals surface area contributed by atoms with Crippen molar-refractivity contribution in [2.75, 3.05) is 46.4 Å². The van der Waals surface area contributed by atoms with Crippen LogP contribution in [0.5, 0.6) is 5.75 Å². The number of nitrogens with one attached hydrogen (secondary N) is 1. The van der Waals surface area contributed by atoms with Gasteiger partial charge in [-0.25, -0.2) is 0 Å². The molecule has 0 radical (unpaired) electrons. The summed E-state index contributed by atoms with van der Waals surface area (Å²) in [5.41, 5.74) is 2.25. The molecule has 0 amide bonds. The van der Waals surface area contributed by atoms with Crippen molar-refractivity contribution in [2.45, 2.75) is 13.5 Å². The van der Waals surface area contributed by atoms with Crippen molar-refractivity contribution in [1.82, 2.24) is 20.1 Å². The number of ether oxygens (including phenoxy) is 1. The van der Waals surface area contributed by atoms with Crippen LogP contribution in [0, 0.1) is 6.92 Å². The Morgan fingerprint density at radius 3 is 2.55 bits per heavy atom. The van der Waals surface area contributed by atoms with Gasteiger partial charge in [-0.2, -0.15) is 0 Å². The number of piperazine rings is 1. The molecular formula is C21H29ClIN5O. The van der Waals surface area contributed by atoms with E-state index in [1.54, 1.807) is 0 Å². The maximum Gasteiger partial charge on any atom is 0.194 e. The van der Waals surface area contributed by atoms with Crippen LogP contribution in [0.25, 0.3) is 0 Å². The number of hydrogen-bond acceptors (Lipinski definition) is 4. The van der Waals surface area contributed by atoms with E-state index in [1.807, 2.05) is 43.6 Å². The number of hydrogen-bond donors (Lipinski definition) is 1. The van der Waals surface area contributed by atoms with E-state index in [9.17, 15) is 0 Å². The number of benzene rings is 1. The number of guanidine groups is 1. The third-order valence-corrected chi connectivity index (χ3v) is 5.16. The van der Waals surface area contributed by atoms with Crippen LogP contribution in [0.3, 0.4) is 0 Å². The predicted molar refractivity (Wildman–Crippen MR) is 130 cm³/mol. The number of rotatable bonds is 6. The van der Waals surface area contributed by atoms with E-state index in [4.69, 9.17) is 16.3 Å².